The van der Waals surface area contributed by atoms with Crippen LogP contribution in [-0.2, 0) is 4.74 Å². The van der Waals surface area contributed by atoms with Gasteiger partial charge in [0.15, 0.2) is 0 Å². The molecule has 2 fully saturated rings. The fraction of sp³-hybridized carbons (Fsp3) is 0.500. The van der Waals surface area contributed by atoms with Gasteiger partial charge in [-0.05, 0) is 70.2 Å². The quantitative estimate of drug-likeness (QED) is 0.372. The Labute approximate surface area is 217 Å². The Morgan fingerprint density at radius 2 is 1.81 bits per heavy atom. The number of ether oxygens (including phenoxy) is 2. The summed E-state index contributed by atoms with van der Waals surface area (Å²) in [7, 11) is 2.15. The van der Waals surface area contributed by atoms with E-state index in [4.69, 9.17) is 19.4 Å². The van der Waals surface area contributed by atoms with E-state index in [9.17, 15) is 0 Å². The average Bonchev–Trinajstić information content (AvgIpc) is 3.34. The highest BCUT2D eigenvalue weighted by Gasteiger charge is 2.22. The normalized spacial score (nSPS) is 21.5. The van der Waals surface area contributed by atoms with Crippen molar-refractivity contribution < 1.29 is 9.47 Å². The summed E-state index contributed by atoms with van der Waals surface area (Å²) in [6.07, 6.45) is 12.5. The van der Waals surface area contributed by atoms with Crippen LogP contribution >= 0.6 is 0 Å². The number of aromatic nitrogens is 5. The topological polar surface area (TPSA) is 101 Å². The number of likely N-dealkylation sites (tertiary alicyclic amines) is 1. The summed E-state index contributed by atoms with van der Waals surface area (Å²) < 4.78 is 11.9. The van der Waals surface area contributed by atoms with Crippen molar-refractivity contribution in [2.75, 3.05) is 32.1 Å². The molecule has 1 saturated carbocycles. The van der Waals surface area contributed by atoms with Crippen LogP contribution in [0.25, 0.3) is 33.2 Å². The Morgan fingerprint density at radius 1 is 0.973 bits per heavy atom. The van der Waals surface area contributed by atoms with Gasteiger partial charge in [0.1, 0.15) is 11.8 Å². The number of piperidine rings is 1. The molecule has 194 valence electrons. The number of H-pyrrole nitrogens is 1. The van der Waals surface area contributed by atoms with Crippen LogP contribution < -0.4 is 10.1 Å². The summed E-state index contributed by atoms with van der Waals surface area (Å²) in [6.45, 7) is 4.94. The molecule has 3 aromatic heterocycles. The Kier molecular flexibility index (Phi) is 6.89. The molecule has 0 radical (unpaired) electrons. The molecule has 0 unspecified atom stereocenters. The molecule has 9 nitrogen and oxygen atoms in total. The predicted molar refractivity (Wildman–Crippen MR) is 145 cm³/mol. The highest BCUT2D eigenvalue weighted by molar-refractivity contribution is 5.95. The van der Waals surface area contributed by atoms with Crippen LogP contribution in [0.2, 0.25) is 0 Å². The van der Waals surface area contributed by atoms with E-state index in [1.54, 1.807) is 6.20 Å². The van der Waals surface area contributed by atoms with Crippen LogP contribution in [0.5, 0.6) is 5.88 Å². The van der Waals surface area contributed by atoms with Crippen LogP contribution in [0.3, 0.4) is 0 Å². The molecule has 1 aliphatic heterocycles. The number of nitrogens with one attached hydrogen (secondary N) is 2. The van der Waals surface area contributed by atoms with Gasteiger partial charge in [0.25, 0.3) is 0 Å². The Morgan fingerprint density at radius 3 is 2.62 bits per heavy atom. The summed E-state index contributed by atoms with van der Waals surface area (Å²) in [5.41, 5.74) is 4.58. The lowest BCUT2D eigenvalue weighted by molar-refractivity contribution is 0.0346. The third kappa shape index (κ3) is 5.38. The van der Waals surface area contributed by atoms with E-state index in [1.165, 1.54) is 0 Å². The molecule has 4 heterocycles. The molecule has 6 rings (SSSR count). The standard InChI is InChI=1S/C28H35N7O2/c1-3-36-20-7-5-19(6-8-20)32-28-31-16-23-22(15-30-27(23)34-28)18-4-9-24-25(14-18)33-26(17-29-24)37-21-10-12-35(2)13-11-21/h4,9,14-17,19-21H,3,5-8,10-13H2,1-2H3,(H2,30,31,32,34). The number of hydrogen-bond donors (Lipinski definition) is 2. The third-order valence-electron chi connectivity index (χ3n) is 7.63. The van der Waals surface area contributed by atoms with E-state index in [-0.39, 0.29) is 6.10 Å². The summed E-state index contributed by atoms with van der Waals surface area (Å²) in [4.78, 5) is 24.4. The molecule has 1 saturated heterocycles. The van der Waals surface area contributed by atoms with E-state index in [2.05, 4.69) is 51.3 Å². The van der Waals surface area contributed by atoms with Crippen molar-refractivity contribution in [2.24, 2.45) is 0 Å². The molecule has 1 aromatic carbocycles. The first kappa shape index (κ1) is 24.1. The number of aromatic amines is 1. The first-order chi connectivity index (χ1) is 18.1. The second kappa shape index (κ2) is 10.6. The molecule has 37 heavy (non-hydrogen) atoms. The molecule has 0 amide bonds. The summed E-state index contributed by atoms with van der Waals surface area (Å²) in [5.74, 6) is 1.26. The van der Waals surface area contributed by atoms with Gasteiger partial charge < -0.3 is 24.7 Å². The van der Waals surface area contributed by atoms with Gasteiger partial charge in [-0.3, -0.25) is 0 Å². The lowest BCUT2D eigenvalue weighted by atomic mass is 9.93. The van der Waals surface area contributed by atoms with Gasteiger partial charge in [-0.2, -0.15) is 4.98 Å². The van der Waals surface area contributed by atoms with Crippen LogP contribution in [-0.4, -0.2) is 74.8 Å². The van der Waals surface area contributed by atoms with Gasteiger partial charge in [0.2, 0.25) is 11.8 Å². The zero-order chi connectivity index (χ0) is 25.2. The van der Waals surface area contributed by atoms with Crippen molar-refractivity contribution >= 4 is 28.0 Å². The van der Waals surface area contributed by atoms with Crippen molar-refractivity contribution in [3.05, 3.63) is 36.8 Å². The third-order valence-corrected chi connectivity index (χ3v) is 7.63. The summed E-state index contributed by atoms with van der Waals surface area (Å²) in [6, 6.07) is 6.52. The Bertz CT molecular complexity index is 1360. The van der Waals surface area contributed by atoms with E-state index in [0.717, 1.165) is 91.4 Å². The number of rotatable bonds is 7. The molecule has 4 aromatic rings. The van der Waals surface area contributed by atoms with Gasteiger partial charge in [-0.15, -0.1) is 0 Å². The number of anilines is 1. The van der Waals surface area contributed by atoms with Crippen molar-refractivity contribution in [2.45, 2.75) is 63.7 Å². The second-order valence-corrected chi connectivity index (χ2v) is 10.3. The molecule has 2 N–H and O–H groups in total. The molecule has 0 atom stereocenters. The van der Waals surface area contributed by atoms with Crippen molar-refractivity contribution in [1.29, 1.82) is 0 Å². The zero-order valence-corrected chi connectivity index (χ0v) is 21.6. The van der Waals surface area contributed by atoms with Crippen LogP contribution in [0, 0.1) is 0 Å². The minimum Gasteiger partial charge on any atom is -0.473 e. The fourth-order valence-electron chi connectivity index (χ4n) is 5.50. The molecular formula is C28H35N7O2. The first-order valence-corrected chi connectivity index (χ1v) is 13.5. The average molecular weight is 502 g/mol. The predicted octanol–water partition coefficient (Wildman–Crippen LogP) is 4.80. The molecule has 1 aliphatic carbocycles. The van der Waals surface area contributed by atoms with Crippen LogP contribution in [0.4, 0.5) is 5.95 Å². The maximum absolute atomic E-state index is 6.17. The SMILES string of the molecule is CCOC1CCC(Nc2ncc3c(-c4ccc5ncc(OC6CCN(C)CC6)nc5c4)c[nH]c3n2)CC1. The van der Waals surface area contributed by atoms with Gasteiger partial charge in [0, 0.05) is 49.1 Å². The highest BCUT2D eigenvalue weighted by atomic mass is 16.5. The number of benzene rings is 1. The number of nitrogens with zero attached hydrogens (tertiary/aromatic N) is 5. The monoisotopic (exact) mass is 501 g/mol. The zero-order valence-electron chi connectivity index (χ0n) is 21.6. The number of fused-ring (bicyclic) bond motifs is 2. The Balaban J connectivity index is 1.18. The maximum Gasteiger partial charge on any atom is 0.233 e. The van der Waals surface area contributed by atoms with Gasteiger partial charge >= 0.3 is 0 Å². The summed E-state index contributed by atoms with van der Waals surface area (Å²) in [5, 5.41) is 4.50. The number of hydrogen-bond acceptors (Lipinski definition) is 8. The molecular weight excluding hydrogens is 466 g/mol. The minimum atomic E-state index is 0.194. The van der Waals surface area contributed by atoms with Crippen LogP contribution in [0.1, 0.15) is 45.4 Å². The second-order valence-electron chi connectivity index (χ2n) is 10.3. The molecule has 0 spiro atoms. The first-order valence-electron chi connectivity index (χ1n) is 13.5. The largest absolute Gasteiger partial charge is 0.473 e. The summed E-state index contributed by atoms with van der Waals surface area (Å²) >= 11 is 0. The molecule has 9 heteroatoms. The van der Waals surface area contributed by atoms with Crippen molar-refractivity contribution in [3.63, 3.8) is 0 Å². The maximum atomic E-state index is 6.17. The highest BCUT2D eigenvalue weighted by Crippen LogP contribution is 2.31. The molecule has 0 bridgehead atoms. The van der Waals surface area contributed by atoms with E-state index in [1.807, 2.05) is 18.5 Å². The van der Waals surface area contributed by atoms with Crippen molar-refractivity contribution in [3.8, 4) is 17.0 Å². The minimum absolute atomic E-state index is 0.194. The smallest absolute Gasteiger partial charge is 0.233 e. The van der Waals surface area contributed by atoms with E-state index in [0.29, 0.717) is 24.0 Å². The van der Waals surface area contributed by atoms with E-state index >= 15 is 0 Å². The molecule has 2 aliphatic rings. The van der Waals surface area contributed by atoms with Gasteiger partial charge in [-0.1, -0.05) is 6.07 Å². The Hall–Kier alpha value is -3.30. The van der Waals surface area contributed by atoms with Crippen LogP contribution in [0.15, 0.2) is 36.8 Å². The van der Waals surface area contributed by atoms with E-state index < -0.39 is 0 Å². The van der Waals surface area contributed by atoms with Gasteiger partial charge in [0.05, 0.1) is 23.3 Å². The lowest BCUT2D eigenvalue weighted by Gasteiger charge is -2.28. The van der Waals surface area contributed by atoms with Crippen molar-refractivity contribution in [1.82, 2.24) is 29.8 Å². The fourth-order valence-corrected chi connectivity index (χ4v) is 5.50. The van der Waals surface area contributed by atoms with Gasteiger partial charge in [-0.25, -0.2) is 15.0 Å². The lowest BCUT2D eigenvalue weighted by Crippen LogP contribution is -2.35.